The quantitative estimate of drug-likeness (QED) is 0.666. The summed E-state index contributed by atoms with van der Waals surface area (Å²) < 4.78 is 20.7. The molecule has 2 atom stereocenters. The average molecular weight is 409 g/mol. The number of hydrogen-bond acceptors (Lipinski definition) is 8. The molecule has 0 spiro atoms. The van der Waals surface area contributed by atoms with Crippen LogP contribution in [0.25, 0.3) is 0 Å². The number of esters is 2. The Morgan fingerprint density at radius 3 is 2.72 bits per heavy atom. The van der Waals surface area contributed by atoms with Gasteiger partial charge >= 0.3 is 11.9 Å². The van der Waals surface area contributed by atoms with E-state index in [9.17, 15) is 19.5 Å². The Morgan fingerprint density at radius 1 is 1.34 bits per heavy atom. The van der Waals surface area contributed by atoms with E-state index in [1.165, 1.54) is 4.90 Å². The van der Waals surface area contributed by atoms with Gasteiger partial charge in [0.05, 0.1) is 13.2 Å². The number of carbonyl (C=O) groups excluding carboxylic acids is 3. The minimum absolute atomic E-state index is 0.129. The highest BCUT2D eigenvalue weighted by Gasteiger charge is 2.41. The first-order valence-electron chi connectivity index (χ1n) is 9.34. The molecule has 160 valence electrons. The summed E-state index contributed by atoms with van der Waals surface area (Å²) in [6.07, 6.45) is -3.12. The van der Waals surface area contributed by atoms with Crippen LogP contribution in [0.3, 0.4) is 0 Å². The van der Waals surface area contributed by atoms with Gasteiger partial charge in [-0.3, -0.25) is 4.79 Å². The molecule has 1 heterocycles. The molecule has 1 aromatic rings. The molecule has 9 nitrogen and oxygen atoms in total. The van der Waals surface area contributed by atoms with Crippen LogP contribution in [0.15, 0.2) is 24.3 Å². The van der Waals surface area contributed by atoms with Crippen LogP contribution >= 0.6 is 0 Å². The first-order valence-corrected chi connectivity index (χ1v) is 9.34. The highest BCUT2D eigenvalue weighted by Crippen LogP contribution is 2.25. The molecule has 0 saturated carbocycles. The second-order valence-corrected chi connectivity index (χ2v) is 7.35. The minimum atomic E-state index is -1.74. The lowest BCUT2D eigenvalue weighted by molar-refractivity contribution is -0.177. The molecule has 9 heteroatoms. The van der Waals surface area contributed by atoms with E-state index in [4.69, 9.17) is 18.9 Å². The van der Waals surface area contributed by atoms with Crippen LogP contribution in [0, 0.1) is 0 Å². The Balaban J connectivity index is 2.09. The van der Waals surface area contributed by atoms with E-state index in [0.717, 1.165) is 0 Å². The molecule has 1 saturated heterocycles. The number of hydrogen-bond donors (Lipinski definition) is 1. The van der Waals surface area contributed by atoms with Crippen LogP contribution in [0.2, 0.25) is 0 Å². The Kier molecular flexibility index (Phi) is 7.58. The summed E-state index contributed by atoms with van der Waals surface area (Å²) in [5, 5.41) is 10.3. The number of benzene rings is 1. The van der Waals surface area contributed by atoms with Gasteiger partial charge in [-0.2, -0.15) is 0 Å². The van der Waals surface area contributed by atoms with Gasteiger partial charge in [0.1, 0.15) is 11.4 Å². The Hall–Kier alpha value is -2.65. The first-order chi connectivity index (χ1) is 13.6. The lowest BCUT2D eigenvalue weighted by atomic mass is 10.1. The van der Waals surface area contributed by atoms with E-state index in [0.29, 0.717) is 11.4 Å². The molecule has 2 unspecified atom stereocenters. The minimum Gasteiger partial charge on any atom is -0.482 e. The van der Waals surface area contributed by atoms with Gasteiger partial charge in [0.2, 0.25) is 0 Å². The van der Waals surface area contributed by atoms with Crippen LogP contribution in [-0.4, -0.2) is 67.1 Å². The number of carbonyl (C=O) groups is 3. The van der Waals surface area contributed by atoms with Crippen molar-refractivity contribution in [3.8, 4) is 5.75 Å². The molecular weight excluding hydrogens is 382 g/mol. The van der Waals surface area contributed by atoms with Crippen LogP contribution in [0.1, 0.15) is 27.7 Å². The average Bonchev–Trinajstić information content (AvgIpc) is 2.65. The lowest BCUT2D eigenvalue weighted by Gasteiger charge is -2.34. The SMILES string of the molecule is CCOC(=O)COc1cccc(N2CCOC(C(O)C(=O)OC(C)(C)C)C2=O)c1. The fourth-order valence-corrected chi connectivity index (χ4v) is 2.66. The van der Waals surface area contributed by atoms with E-state index in [-0.39, 0.29) is 26.4 Å². The largest absolute Gasteiger partial charge is 0.482 e. The van der Waals surface area contributed by atoms with E-state index < -0.39 is 35.7 Å². The van der Waals surface area contributed by atoms with Crippen LogP contribution < -0.4 is 9.64 Å². The first kappa shape index (κ1) is 22.6. The molecule has 29 heavy (non-hydrogen) atoms. The molecule has 1 aliphatic rings. The number of aliphatic hydroxyl groups excluding tert-OH is 1. The van der Waals surface area contributed by atoms with Gasteiger partial charge in [-0.1, -0.05) is 6.07 Å². The number of amides is 1. The topological polar surface area (TPSA) is 112 Å². The summed E-state index contributed by atoms with van der Waals surface area (Å²) in [5.41, 5.74) is -0.318. The smallest absolute Gasteiger partial charge is 0.344 e. The van der Waals surface area contributed by atoms with Crippen molar-refractivity contribution in [1.29, 1.82) is 0 Å². The van der Waals surface area contributed by atoms with Crippen molar-refractivity contribution in [3.05, 3.63) is 24.3 Å². The summed E-state index contributed by atoms with van der Waals surface area (Å²) >= 11 is 0. The highest BCUT2D eigenvalue weighted by atomic mass is 16.6. The van der Waals surface area contributed by atoms with Crippen molar-refractivity contribution < 1.29 is 38.4 Å². The molecule has 1 aromatic carbocycles. The molecule has 1 aliphatic heterocycles. The third kappa shape index (κ3) is 6.43. The fraction of sp³-hybridized carbons (Fsp3) is 0.550. The van der Waals surface area contributed by atoms with E-state index in [1.807, 2.05) is 0 Å². The molecule has 1 amide bonds. The van der Waals surface area contributed by atoms with Crippen molar-refractivity contribution >= 4 is 23.5 Å². The van der Waals surface area contributed by atoms with Crippen molar-refractivity contribution in [2.45, 2.75) is 45.5 Å². The Bertz CT molecular complexity index is 742. The monoisotopic (exact) mass is 409 g/mol. The van der Waals surface area contributed by atoms with Crippen molar-refractivity contribution in [2.24, 2.45) is 0 Å². The van der Waals surface area contributed by atoms with Crippen LogP contribution in [-0.2, 0) is 28.6 Å². The Morgan fingerprint density at radius 2 is 2.07 bits per heavy atom. The maximum atomic E-state index is 12.8. The standard InChI is InChI=1S/C20H27NO8/c1-5-26-15(22)12-28-14-8-6-7-13(11-14)21-9-10-27-17(18(21)24)16(23)19(25)29-20(2,3)4/h6-8,11,16-17,23H,5,9-10,12H2,1-4H3. The maximum Gasteiger partial charge on any atom is 0.344 e. The predicted octanol–water partition coefficient (Wildman–Crippen LogP) is 1.06. The number of nitrogens with zero attached hydrogens (tertiary/aromatic N) is 1. The van der Waals surface area contributed by atoms with Gasteiger partial charge in [0.15, 0.2) is 18.8 Å². The fourth-order valence-electron chi connectivity index (χ4n) is 2.66. The second kappa shape index (κ2) is 9.71. The van der Waals surface area contributed by atoms with Crippen molar-refractivity contribution in [3.63, 3.8) is 0 Å². The number of rotatable bonds is 7. The molecule has 0 radical (unpaired) electrons. The second-order valence-electron chi connectivity index (χ2n) is 7.35. The predicted molar refractivity (Wildman–Crippen MR) is 103 cm³/mol. The number of ether oxygens (including phenoxy) is 4. The van der Waals surface area contributed by atoms with Gasteiger partial charge in [0.25, 0.3) is 5.91 Å². The summed E-state index contributed by atoms with van der Waals surface area (Å²) in [6.45, 7) is 7.05. The van der Waals surface area contributed by atoms with Crippen LogP contribution in [0.4, 0.5) is 5.69 Å². The zero-order valence-corrected chi connectivity index (χ0v) is 17.0. The molecular formula is C20H27NO8. The maximum absolute atomic E-state index is 12.8. The van der Waals surface area contributed by atoms with Gasteiger partial charge in [0, 0.05) is 18.3 Å². The van der Waals surface area contributed by atoms with Crippen LogP contribution in [0.5, 0.6) is 5.75 Å². The van der Waals surface area contributed by atoms with Gasteiger partial charge in [-0.15, -0.1) is 0 Å². The zero-order valence-electron chi connectivity index (χ0n) is 17.0. The molecule has 1 N–H and O–H groups in total. The molecule has 0 aromatic heterocycles. The van der Waals surface area contributed by atoms with Gasteiger partial charge in [-0.25, -0.2) is 9.59 Å². The summed E-state index contributed by atoms with van der Waals surface area (Å²) in [7, 11) is 0. The summed E-state index contributed by atoms with van der Waals surface area (Å²) in [5.74, 6) is -1.62. The number of aliphatic hydroxyl groups is 1. The normalized spacial score (nSPS) is 18.2. The number of anilines is 1. The van der Waals surface area contributed by atoms with Crippen molar-refractivity contribution in [1.82, 2.24) is 0 Å². The molecule has 0 bridgehead atoms. The molecule has 0 aliphatic carbocycles. The summed E-state index contributed by atoms with van der Waals surface area (Å²) in [6, 6.07) is 6.56. The van der Waals surface area contributed by atoms with E-state index >= 15 is 0 Å². The highest BCUT2D eigenvalue weighted by molar-refractivity contribution is 6.00. The van der Waals surface area contributed by atoms with E-state index in [2.05, 4.69) is 0 Å². The van der Waals surface area contributed by atoms with Crippen molar-refractivity contribution in [2.75, 3.05) is 31.3 Å². The van der Waals surface area contributed by atoms with Gasteiger partial charge < -0.3 is 29.0 Å². The molecule has 2 rings (SSSR count). The third-order valence-electron chi connectivity index (χ3n) is 3.85. The third-order valence-corrected chi connectivity index (χ3v) is 3.85. The lowest BCUT2D eigenvalue weighted by Crippen LogP contribution is -2.55. The van der Waals surface area contributed by atoms with Gasteiger partial charge in [-0.05, 0) is 39.8 Å². The molecule has 1 fully saturated rings. The zero-order chi connectivity index (χ0) is 21.6. The number of morpholine rings is 1. The Labute approximate surface area is 169 Å². The summed E-state index contributed by atoms with van der Waals surface area (Å²) in [4.78, 5) is 37.8. The van der Waals surface area contributed by atoms with E-state index in [1.54, 1.807) is 52.0 Å².